The first-order valence-electron chi connectivity index (χ1n) is 6.34. The number of nitrogens with one attached hydrogen (secondary N) is 1. The van der Waals surface area contributed by atoms with Crippen molar-refractivity contribution >= 4 is 33.0 Å². The third kappa shape index (κ3) is 3.11. The van der Waals surface area contributed by atoms with Crippen molar-refractivity contribution in [3.05, 3.63) is 69.1 Å². The van der Waals surface area contributed by atoms with E-state index in [4.69, 9.17) is 0 Å². The first-order valence-corrected chi connectivity index (χ1v) is 8.01. The molecule has 2 aromatic heterocycles. The van der Waals surface area contributed by atoms with E-state index < -0.39 is 0 Å². The van der Waals surface area contributed by atoms with Gasteiger partial charge in [0.1, 0.15) is 0 Å². The topological polar surface area (TPSA) is 29.9 Å². The summed E-state index contributed by atoms with van der Waals surface area (Å²) in [5.74, 6) is 0. The smallest absolute Gasteiger partial charge is 0.0679 e. The molecule has 0 aliphatic heterocycles. The van der Waals surface area contributed by atoms with Gasteiger partial charge >= 0.3 is 0 Å². The van der Waals surface area contributed by atoms with Gasteiger partial charge in [-0.3, -0.25) is 4.68 Å². The number of nitrogens with zero attached hydrogens (tertiary/aromatic N) is 2. The van der Waals surface area contributed by atoms with E-state index in [1.165, 1.54) is 14.9 Å². The van der Waals surface area contributed by atoms with Crippen LogP contribution in [0.15, 0.2) is 58.6 Å². The highest BCUT2D eigenvalue weighted by molar-refractivity contribution is 9.10. The number of hydrogen-bond acceptors (Lipinski definition) is 3. The highest BCUT2D eigenvalue weighted by Gasteiger charge is 2.05. The molecule has 0 bridgehead atoms. The van der Waals surface area contributed by atoms with Crippen LogP contribution in [0.4, 0.5) is 5.69 Å². The molecule has 2 heterocycles. The summed E-state index contributed by atoms with van der Waals surface area (Å²) < 4.78 is 3.10. The first-order chi connectivity index (χ1) is 9.83. The van der Waals surface area contributed by atoms with Gasteiger partial charge < -0.3 is 5.32 Å². The highest BCUT2D eigenvalue weighted by atomic mass is 79.9. The van der Waals surface area contributed by atoms with Crippen molar-refractivity contribution in [3.8, 4) is 0 Å². The maximum atomic E-state index is 4.26. The highest BCUT2D eigenvalue weighted by Crippen LogP contribution is 2.24. The minimum Gasteiger partial charge on any atom is -0.380 e. The SMILES string of the molecule is Brc1ccsc1CNc1ccccc1Cn1cccn1. The van der Waals surface area contributed by atoms with Crippen LogP contribution in [0.25, 0.3) is 0 Å². The fourth-order valence-electron chi connectivity index (χ4n) is 2.03. The Bertz CT molecular complexity index is 676. The predicted molar refractivity (Wildman–Crippen MR) is 87.1 cm³/mol. The number of aromatic nitrogens is 2. The number of rotatable bonds is 5. The molecule has 0 fully saturated rings. The summed E-state index contributed by atoms with van der Waals surface area (Å²) in [4.78, 5) is 1.30. The Balaban J connectivity index is 1.74. The second-order valence-electron chi connectivity index (χ2n) is 4.41. The normalized spacial score (nSPS) is 10.7. The van der Waals surface area contributed by atoms with Crippen LogP contribution in [-0.2, 0) is 13.1 Å². The summed E-state index contributed by atoms with van der Waals surface area (Å²) >= 11 is 5.32. The Morgan fingerprint density at radius 2 is 2.10 bits per heavy atom. The van der Waals surface area contributed by atoms with Crippen LogP contribution in [0.1, 0.15) is 10.4 Å². The quantitative estimate of drug-likeness (QED) is 0.742. The molecule has 0 spiro atoms. The van der Waals surface area contributed by atoms with Gasteiger partial charge in [-0.25, -0.2) is 0 Å². The zero-order chi connectivity index (χ0) is 13.8. The number of halogens is 1. The number of anilines is 1. The largest absolute Gasteiger partial charge is 0.380 e. The van der Waals surface area contributed by atoms with E-state index in [-0.39, 0.29) is 0 Å². The van der Waals surface area contributed by atoms with Gasteiger partial charge in [0.15, 0.2) is 0 Å². The summed E-state index contributed by atoms with van der Waals surface area (Å²) in [6.07, 6.45) is 3.78. The monoisotopic (exact) mass is 347 g/mol. The van der Waals surface area contributed by atoms with Gasteiger partial charge in [-0.1, -0.05) is 18.2 Å². The van der Waals surface area contributed by atoms with Gasteiger partial charge in [-0.15, -0.1) is 11.3 Å². The van der Waals surface area contributed by atoms with E-state index in [9.17, 15) is 0 Å². The van der Waals surface area contributed by atoms with Crippen LogP contribution in [0.3, 0.4) is 0 Å². The Morgan fingerprint density at radius 1 is 1.20 bits per heavy atom. The third-order valence-electron chi connectivity index (χ3n) is 3.04. The molecule has 1 N–H and O–H groups in total. The summed E-state index contributed by atoms with van der Waals surface area (Å²) in [5, 5.41) is 9.86. The number of para-hydroxylation sites is 1. The van der Waals surface area contributed by atoms with Crippen LogP contribution >= 0.6 is 27.3 Å². The van der Waals surface area contributed by atoms with Gasteiger partial charge in [0.05, 0.1) is 13.1 Å². The third-order valence-corrected chi connectivity index (χ3v) is 4.97. The van der Waals surface area contributed by atoms with E-state index in [1.54, 1.807) is 17.5 Å². The van der Waals surface area contributed by atoms with Crippen LogP contribution in [0.5, 0.6) is 0 Å². The average Bonchev–Trinajstić information content (AvgIpc) is 3.10. The molecule has 3 rings (SSSR count). The van der Waals surface area contributed by atoms with Crippen LogP contribution in [0, 0.1) is 0 Å². The van der Waals surface area contributed by atoms with Crippen molar-refractivity contribution in [3.63, 3.8) is 0 Å². The molecule has 5 heteroatoms. The molecule has 20 heavy (non-hydrogen) atoms. The number of thiophene rings is 1. The zero-order valence-electron chi connectivity index (χ0n) is 10.8. The maximum absolute atomic E-state index is 4.26. The van der Waals surface area contributed by atoms with Crippen LogP contribution < -0.4 is 5.32 Å². The van der Waals surface area contributed by atoms with Gasteiger partial charge in [0.2, 0.25) is 0 Å². The van der Waals surface area contributed by atoms with Crippen LogP contribution in [0.2, 0.25) is 0 Å². The van der Waals surface area contributed by atoms with Gasteiger partial charge in [0.25, 0.3) is 0 Å². The zero-order valence-corrected chi connectivity index (χ0v) is 13.2. The first kappa shape index (κ1) is 13.4. The standard InChI is InChI=1S/C15H14BrN3S/c16-13-6-9-20-15(13)10-17-14-5-2-1-4-12(14)11-19-8-3-7-18-19/h1-9,17H,10-11H2. The molecular weight excluding hydrogens is 334 g/mol. The lowest BCUT2D eigenvalue weighted by Crippen LogP contribution is -2.05. The molecule has 0 unspecified atom stereocenters. The molecule has 3 aromatic rings. The van der Waals surface area contributed by atoms with Gasteiger partial charge in [-0.2, -0.15) is 5.10 Å². The van der Waals surface area contributed by atoms with E-state index in [1.807, 2.05) is 16.9 Å². The van der Waals surface area contributed by atoms with Crippen molar-refractivity contribution in [2.24, 2.45) is 0 Å². The molecule has 1 aromatic carbocycles. The number of hydrogen-bond donors (Lipinski definition) is 1. The van der Waals surface area contributed by atoms with Crippen molar-refractivity contribution in [1.29, 1.82) is 0 Å². The summed E-state index contributed by atoms with van der Waals surface area (Å²) in [6.45, 7) is 1.61. The van der Waals surface area contributed by atoms with Gasteiger partial charge in [-0.05, 0) is 45.1 Å². The number of benzene rings is 1. The molecule has 0 saturated heterocycles. The van der Waals surface area contributed by atoms with Crippen molar-refractivity contribution in [2.75, 3.05) is 5.32 Å². The van der Waals surface area contributed by atoms with Crippen molar-refractivity contribution < 1.29 is 0 Å². The minimum absolute atomic E-state index is 0.780. The predicted octanol–water partition coefficient (Wildman–Crippen LogP) is 4.37. The minimum atomic E-state index is 0.780. The summed E-state index contributed by atoms with van der Waals surface area (Å²) in [5.41, 5.74) is 2.40. The molecule has 0 aliphatic rings. The van der Waals surface area contributed by atoms with Crippen molar-refractivity contribution in [2.45, 2.75) is 13.1 Å². The molecule has 0 amide bonds. The van der Waals surface area contributed by atoms with E-state index >= 15 is 0 Å². The molecular formula is C15H14BrN3S. The second-order valence-corrected chi connectivity index (χ2v) is 6.26. The molecule has 102 valence electrons. The Morgan fingerprint density at radius 3 is 2.85 bits per heavy atom. The summed E-state index contributed by atoms with van der Waals surface area (Å²) in [6, 6.07) is 12.4. The molecule has 0 atom stereocenters. The molecule has 3 nitrogen and oxygen atoms in total. The van der Waals surface area contributed by atoms with E-state index in [0.29, 0.717) is 0 Å². The maximum Gasteiger partial charge on any atom is 0.0679 e. The Hall–Kier alpha value is -1.59. The lowest BCUT2D eigenvalue weighted by atomic mass is 10.1. The van der Waals surface area contributed by atoms with Crippen LogP contribution in [-0.4, -0.2) is 9.78 Å². The van der Waals surface area contributed by atoms with Gasteiger partial charge in [0, 0.05) is 27.4 Å². The molecule has 0 radical (unpaired) electrons. The Labute approximate surface area is 130 Å². The lowest BCUT2D eigenvalue weighted by Gasteiger charge is -2.11. The molecule has 0 saturated carbocycles. The van der Waals surface area contributed by atoms with Crippen molar-refractivity contribution in [1.82, 2.24) is 9.78 Å². The fourth-order valence-corrected chi connectivity index (χ4v) is 3.46. The molecule has 0 aliphatic carbocycles. The van der Waals surface area contributed by atoms with E-state index in [0.717, 1.165) is 18.8 Å². The lowest BCUT2D eigenvalue weighted by molar-refractivity contribution is 0.687. The average molecular weight is 348 g/mol. The fraction of sp³-hybridized carbons (Fsp3) is 0.133. The van der Waals surface area contributed by atoms with E-state index in [2.05, 4.69) is 62.1 Å². The Kier molecular flexibility index (Phi) is 4.18. The second kappa shape index (κ2) is 6.24. The summed E-state index contributed by atoms with van der Waals surface area (Å²) in [7, 11) is 0.